The first-order chi connectivity index (χ1) is 8.15. The molecule has 1 aromatic carbocycles. The zero-order chi connectivity index (χ0) is 12.3. The summed E-state index contributed by atoms with van der Waals surface area (Å²) in [7, 11) is 0. The predicted octanol–water partition coefficient (Wildman–Crippen LogP) is 5.36. The van der Waals surface area contributed by atoms with E-state index in [0.717, 1.165) is 24.7 Å². The van der Waals surface area contributed by atoms with Gasteiger partial charge in [-0.15, -0.1) is 11.6 Å². The van der Waals surface area contributed by atoms with Crippen molar-refractivity contribution in [2.75, 3.05) is 0 Å². The molecule has 0 spiro atoms. The molecule has 1 atom stereocenters. The second-order valence-electron chi connectivity index (χ2n) is 5.84. The molecule has 1 saturated carbocycles. The topological polar surface area (TPSA) is 0 Å². The fraction of sp³-hybridized carbons (Fsp3) is 0.625. The maximum absolute atomic E-state index is 6.47. The van der Waals surface area contributed by atoms with Crippen molar-refractivity contribution < 1.29 is 0 Å². The zero-order valence-electron chi connectivity index (χ0n) is 11.0. The van der Waals surface area contributed by atoms with Gasteiger partial charge in [0, 0.05) is 0 Å². The summed E-state index contributed by atoms with van der Waals surface area (Å²) in [5, 5.41) is 0.216. The maximum atomic E-state index is 6.47. The third-order valence-electron chi connectivity index (χ3n) is 3.75. The average Bonchev–Trinajstić information content (AvgIpc) is 2.23. The quantitative estimate of drug-likeness (QED) is 0.618. The Labute approximate surface area is 110 Å². The Morgan fingerprint density at radius 3 is 2.29 bits per heavy atom. The van der Waals surface area contributed by atoms with Gasteiger partial charge in [0.15, 0.2) is 0 Å². The van der Waals surface area contributed by atoms with Crippen LogP contribution in [0.4, 0.5) is 0 Å². The second kappa shape index (κ2) is 5.91. The van der Waals surface area contributed by atoms with E-state index in [1.807, 2.05) is 0 Å². The Hall–Kier alpha value is -0.490. The van der Waals surface area contributed by atoms with Gasteiger partial charge in [-0.25, -0.2) is 0 Å². The lowest BCUT2D eigenvalue weighted by atomic mass is 9.81. The summed E-state index contributed by atoms with van der Waals surface area (Å²) >= 11 is 6.47. The Morgan fingerprint density at radius 1 is 1.18 bits per heavy atom. The van der Waals surface area contributed by atoms with Gasteiger partial charge >= 0.3 is 0 Å². The summed E-state index contributed by atoms with van der Waals surface area (Å²) in [6, 6.07) is 8.92. The molecular weight excluding hydrogens is 228 g/mol. The minimum atomic E-state index is 0.216. The Bertz CT molecular complexity index is 335. The number of benzene rings is 1. The normalized spacial score (nSPS) is 18.1. The van der Waals surface area contributed by atoms with E-state index < -0.39 is 0 Å². The summed E-state index contributed by atoms with van der Waals surface area (Å²) in [6.45, 7) is 4.52. The van der Waals surface area contributed by atoms with Gasteiger partial charge in [-0.05, 0) is 35.8 Å². The van der Waals surface area contributed by atoms with Crippen molar-refractivity contribution >= 4 is 11.6 Å². The summed E-state index contributed by atoms with van der Waals surface area (Å²) in [5.41, 5.74) is 2.72. The van der Waals surface area contributed by atoms with Crippen molar-refractivity contribution in [3.05, 3.63) is 35.4 Å². The number of rotatable bonds is 5. The molecule has 94 valence electrons. The van der Waals surface area contributed by atoms with Crippen molar-refractivity contribution in [1.29, 1.82) is 0 Å². The van der Waals surface area contributed by atoms with Crippen molar-refractivity contribution in [2.24, 2.45) is 11.8 Å². The fourth-order valence-corrected chi connectivity index (χ4v) is 2.89. The van der Waals surface area contributed by atoms with E-state index in [0.29, 0.717) is 0 Å². The van der Waals surface area contributed by atoms with Crippen LogP contribution in [0.5, 0.6) is 0 Å². The molecule has 2 rings (SSSR count). The van der Waals surface area contributed by atoms with Crippen LogP contribution in [0.1, 0.15) is 56.0 Å². The molecular formula is C16H23Cl. The monoisotopic (exact) mass is 250 g/mol. The molecule has 17 heavy (non-hydrogen) atoms. The summed E-state index contributed by atoms with van der Waals surface area (Å²) in [4.78, 5) is 0. The van der Waals surface area contributed by atoms with E-state index in [1.165, 1.54) is 30.4 Å². The van der Waals surface area contributed by atoms with Crippen LogP contribution >= 0.6 is 11.6 Å². The van der Waals surface area contributed by atoms with Gasteiger partial charge in [-0.3, -0.25) is 0 Å². The molecule has 1 fully saturated rings. The lowest BCUT2D eigenvalue weighted by Crippen LogP contribution is -2.12. The Morgan fingerprint density at radius 2 is 1.82 bits per heavy atom. The Kier molecular flexibility index (Phi) is 4.50. The minimum absolute atomic E-state index is 0.216. The highest BCUT2D eigenvalue weighted by molar-refractivity contribution is 6.20. The Balaban J connectivity index is 1.91. The lowest BCUT2D eigenvalue weighted by Gasteiger charge is -2.27. The van der Waals surface area contributed by atoms with Crippen LogP contribution < -0.4 is 0 Å². The first-order valence-corrected chi connectivity index (χ1v) is 7.31. The standard InChI is InChI=1S/C16H23Cl/c1-12(2)10-14-6-8-15(9-7-14)16(17)11-13-4-3-5-13/h6-9,12-13,16H,3-5,10-11H2,1-2H3. The number of hydrogen-bond donors (Lipinski definition) is 0. The van der Waals surface area contributed by atoms with Gasteiger partial charge in [-0.1, -0.05) is 57.4 Å². The molecule has 0 aromatic heterocycles. The van der Waals surface area contributed by atoms with E-state index >= 15 is 0 Å². The zero-order valence-corrected chi connectivity index (χ0v) is 11.7. The highest BCUT2D eigenvalue weighted by Gasteiger charge is 2.21. The first-order valence-electron chi connectivity index (χ1n) is 6.88. The van der Waals surface area contributed by atoms with Crippen LogP contribution in [0.2, 0.25) is 0 Å². The lowest BCUT2D eigenvalue weighted by molar-refractivity contribution is 0.293. The maximum Gasteiger partial charge on any atom is 0.0587 e. The molecule has 1 unspecified atom stereocenters. The fourth-order valence-electron chi connectivity index (χ4n) is 2.49. The van der Waals surface area contributed by atoms with Gasteiger partial charge in [0.25, 0.3) is 0 Å². The second-order valence-corrected chi connectivity index (χ2v) is 6.37. The molecule has 1 heteroatoms. The summed E-state index contributed by atoms with van der Waals surface area (Å²) in [6.07, 6.45) is 6.49. The van der Waals surface area contributed by atoms with Crippen LogP contribution in [0.25, 0.3) is 0 Å². The molecule has 0 N–H and O–H groups in total. The van der Waals surface area contributed by atoms with E-state index in [9.17, 15) is 0 Å². The smallest absolute Gasteiger partial charge is 0.0587 e. The highest BCUT2D eigenvalue weighted by atomic mass is 35.5. The largest absolute Gasteiger partial charge is 0.118 e. The van der Waals surface area contributed by atoms with Crippen molar-refractivity contribution in [3.8, 4) is 0 Å². The van der Waals surface area contributed by atoms with Gasteiger partial charge in [0.05, 0.1) is 5.38 Å². The van der Waals surface area contributed by atoms with Crippen LogP contribution in [-0.4, -0.2) is 0 Å². The average molecular weight is 251 g/mol. The van der Waals surface area contributed by atoms with E-state index in [1.54, 1.807) is 0 Å². The van der Waals surface area contributed by atoms with E-state index in [2.05, 4.69) is 38.1 Å². The molecule has 0 amide bonds. The number of halogens is 1. The van der Waals surface area contributed by atoms with Gasteiger partial charge in [-0.2, -0.15) is 0 Å². The molecule has 0 bridgehead atoms. The van der Waals surface area contributed by atoms with Crippen molar-refractivity contribution in [3.63, 3.8) is 0 Å². The molecule has 1 aromatic rings. The van der Waals surface area contributed by atoms with E-state index in [-0.39, 0.29) is 5.38 Å². The molecule has 0 nitrogen and oxygen atoms in total. The molecule has 1 aliphatic carbocycles. The molecule has 0 heterocycles. The van der Waals surface area contributed by atoms with Crippen LogP contribution in [-0.2, 0) is 6.42 Å². The molecule has 0 saturated heterocycles. The van der Waals surface area contributed by atoms with Gasteiger partial charge in [0.2, 0.25) is 0 Å². The van der Waals surface area contributed by atoms with Crippen molar-refractivity contribution in [1.82, 2.24) is 0 Å². The number of alkyl halides is 1. The molecule has 0 radical (unpaired) electrons. The number of hydrogen-bond acceptors (Lipinski definition) is 0. The predicted molar refractivity (Wildman–Crippen MR) is 75.5 cm³/mol. The third-order valence-corrected chi connectivity index (χ3v) is 4.18. The van der Waals surface area contributed by atoms with Gasteiger partial charge in [0.1, 0.15) is 0 Å². The summed E-state index contributed by atoms with van der Waals surface area (Å²) < 4.78 is 0. The molecule has 0 aliphatic heterocycles. The minimum Gasteiger partial charge on any atom is -0.118 e. The van der Waals surface area contributed by atoms with Crippen molar-refractivity contribution in [2.45, 2.75) is 51.3 Å². The first kappa shape index (κ1) is 13.0. The molecule has 1 aliphatic rings. The van der Waals surface area contributed by atoms with E-state index in [4.69, 9.17) is 11.6 Å². The van der Waals surface area contributed by atoms with Crippen LogP contribution in [0.15, 0.2) is 24.3 Å². The van der Waals surface area contributed by atoms with Crippen LogP contribution in [0, 0.1) is 11.8 Å². The highest BCUT2D eigenvalue weighted by Crippen LogP contribution is 2.37. The van der Waals surface area contributed by atoms with Crippen LogP contribution in [0.3, 0.4) is 0 Å². The van der Waals surface area contributed by atoms with Gasteiger partial charge < -0.3 is 0 Å². The SMILES string of the molecule is CC(C)Cc1ccc(C(Cl)CC2CCC2)cc1. The third kappa shape index (κ3) is 3.74. The summed E-state index contributed by atoms with van der Waals surface area (Å²) in [5.74, 6) is 1.61.